The number of halogens is 1. The second-order valence-electron chi connectivity index (χ2n) is 5.99. The van der Waals surface area contributed by atoms with Gasteiger partial charge in [-0.15, -0.1) is 0 Å². The van der Waals surface area contributed by atoms with Crippen LogP contribution in [0.4, 0.5) is 10.1 Å². The number of hydrogen-bond donors (Lipinski definition) is 2. The van der Waals surface area contributed by atoms with Gasteiger partial charge in [-0.2, -0.15) is 0 Å². The molecule has 0 aliphatic carbocycles. The molecule has 0 spiro atoms. The normalized spacial score (nSPS) is 12.2. The Balaban J connectivity index is 2.10. The predicted octanol–water partition coefficient (Wildman–Crippen LogP) is 2.13. The number of nitrogens with zero attached hydrogens (tertiary/aromatic N) is 1. The van der Waals surface area contributed by atoms with Crippen LogP contribution in [0.25, 0.3) is 18.0 Å². The van der Waals surface area contributed by atoms with Crippen LogP contribution in [0.5, 0.6) is 0 Å². The fourth-order valence-electron chi connectivity index (χ4n) is 2.79. The van der Waals surface area contributed by atoms with Crippen molar-refractivity contribution in [2.75, 3.05) is 12.4 Å². The molecule has 28 heavy (non-hydrogen) atoms. The number of carbonyl (C=O) groups excluding carboxylic acids is 1. The number of ether oxygens (including phenoxy) is 1. The highest BCUT2D eigenvalue weighted by atomic mass is 19.1. The number of rotatable bonds is 5. The van der Waals surface area contributed by atoms with Crippen molar-refractivity contribution in [1.29, 1.82) is 0 Å². The number of aromatic amines is 1. The SMILES string of the molecule is CCC=c1[nH]n(-c2ccc(F)cc2)c(=O)c1=CNc1ccccc1C(=O)OC. The molecular formula is C21H20FN3O3. The van der Waals surface area contributed by atoms with E-state index >= 15 is 0 Å². The van der Waals surface area contributed by atoms with E-state index in [-0.39, 0.29) is 11.4 Å². The topological polar surface area (TPSA) is 76.1 Å². The minimum Gasteiger partial charge on any atom is -0.465 e. The average Bonchev–Trinajstić information content (AvgIpc) is 3.02. The Hall–Kier alpha value is -3.61. The van der Waals surface area contributed by atoms with Crippen molar-refractivity contribution in [2.24, 2.45) is 0 Å². The summed E-state index contributed by atoms with van der Waals surface area (Å²) < 4.78 is 19.3. The van der Waals surface area contributed by atoms with Gasteiger partial charge in [0.25, 0.3) is 5.56 Å². The van der Waals surface area contributed by atoms with E-state index in [2.05, 4.69) is 10.4 Å². The summed E-state index contributed by atoms with van der Waals surface area (Å²) in [6.07, 6.45) is 4.13. The molecule has 0 bridgehead atoms. The Bertz CT molecular complexity index is 1160. The third kappa shape index (κ3) is 3.88. The zero-order valence-electron chi connectivity index (χ0n) is 15.5. The van der Waals surface area contributed by atoms with Gasteiger partial charge in [0.2, 0.25) is 0 Å². The Kier molecular flexibility index (Phi) is 5.74. The lowest BCUT2D eigenvalue weighted by molar-refractivity contribution is 0.0602. The molecule has 0 amide bonds. The van der Waals surface area contributed by atoms with Crippen molar-refractivity contribution in [3.8, 4) is 5.69 Å². The lowest BCUT2D eigenvalue weighted by atomic mass is 10.2. The number of para-hydroxylation sites is 1. The quantitative estimate of drug-likeness (QED) is 0.664. The van der Waals surface area contributed by atoms with Crippen molar-refractivity contribution >= 4 is 23.9 Å². The van der Waals surface area contributed by atoms with Crippen LogP contribution in [-0.2, 0) is 4.74 Å². The van der Waals surface area contributed by atoms with Gasteiger partial charge in [0.1, 0.15) is 5.82 Å². The van der Waals surface area contributed by atoms with Gasteiger partial charge in [0.15, 0.2) is 0 Å². The van der Waals surface area contributed by atoms with E-state index in [9.17, 15) is 14.0 Å². The highest BCUT2D eigenvalue weighted by Gasteiger charge is 2.10. The first kappa shape index (κ1) is 19.2. The van der Waals surface area contributed by atoms with Crippen LogP contribution in [0.15, 0.2) is 53.3 Å². The summed E-state index contributed by atoms with van der Waals surface area (Å²) in [6.45, 7) is 1.96. The Labute approximate surface area is 160 Å². The van der Waals surface area contributed by atoms with Crippen molar-refractivity contribution in [1.82, 2.24) is 9.78 Å². The molecule has 6 nitrogen and oxygen atoms in total. The number of anilines is 1. The molecule has 0 fully saturated rings. The predicted molar refractivity (Wildman–Crippen MR) is 106 cm³/mol. The molecule has 0 aliphatic rings. The molecule has 0 atom stereocenters. The van der Waals surface area contributed by atoms with Crippen molar-refractivity contribution in [3.05, 3.63) is 80.8 Å². The van der Waals surface area contributed by atoms with Crippen molar-refractivity contribution < 1.29 is 13.9 Å². The first-order chi connectivity index (χ1) is 13.5. The Morgan fingerprint density at radius 1 is 1.21 bits per heavy atom. The number of aromatic nitrogens is 2. The van der Waals surface area contributed by atoms with Crippen LogP contribution in [0, 0.1) is 5.82 Å². The zero-order valence-corrected chi connectivity index (χ0v) is 15.5. The molecule has 1 heterocycles. The van der Waals surface area contributed by atoms with E-state index in [1.807, 2.05) is 13.0 Å². The zero-order chi connectivity index (χ0) is 20.1. The third-order valence-corrected chi connectivity index (χ3v) is 4.15. The van der Waals surface area contributed by atoms with E-state index in [0.717, 1.165) is 0 Å². The monoisotopic (exact) mass is 381 g/mol. The number of methoxy groups -OCH3 is 1. The number of carbonyl (C=O) groups is 1. The maximum atomic E-state index is 13.2. The molecule has 3 aromatic rings. The highest BCUT2D eigenvalue weighted by Crippen LogP contribution is 2.15. The third-order valence-electron chi connectivity index (χ3n) is 4.15. The summed E-state index contributed by atoms with van der Waals surface area (Å²) in [4.78, 5) is 24.8. The summed E-state index contributed by atoms with van der Waals surface area (Å²) >= 11 is 0. The number of esters is 1. The van der Waals surface area contributed by atoms with Gasteiger partial charge < -0.3 is 10.1 Å². The highest BCUT2D eigenvalue weighted by molar-refractivity contribution is 5.96. The largest absolute Gasteiger partial charge is 0.465 e. The maximum absolute atomic E-state index is 13.2. The minimum atomic E-state index is -0.477. The molecule has 144 valence electrons. The van der Waals surface area contributed by atoms with Crippen LogP contribution in [-0.4, -0.2) is 22.9 Å². The summed E-state index contributed by atoms with van der Waals surface area (Å²) in [7, 11) is 1.31. The van der Waals surface area contributed by atoms with E-state index < -0.39 is 5.97 Å². The van der Waals surface area contributed by atoms with Gasteiger partial charge in [-0.05, 0) is 42.8 Å². The summed E-state index contributed by atoms with van der Waals surface area (Å²) in [5, 5.41) is 7.07. The molecule has 0 radical (unpaired) electrons. The van der Waals surface area contributed by atoms with Gasteiger partial charge in [0.05, 0.1) is 34.6 Å². The number of benzene rings is 2. The van der Waals surface area contributed by atoms with E-state index in [1.54, 1.807) is 30.5 Å². The molecular weight excluding hydrogens is 361 g/mol. The molecule has 7 heteroatoms. The second kappa shape index (κ2) is 8.39. The van der Waals surface area contributed by atoms with Crippen LogP contribution in [0.1, 0.15) is 23.7 Å². The van der Waals surface area contributed by atoms with Crippen molar-refractivity contribution in [3.63, 3.8) is 0 Å². The molecule has 3 rings (SSSR count). The fourth-order valence-corrected chi connectivity index (χ4v) is 2.79. The van der Waals surface area contributed by atoms with Gasteiger partial charge in [-0.1, -0.05) is 25.1 Å². The Morgan fingerprint density at radius 3 is 2.61 bits per heavy atom. The first-order valence-corrected chi connectivity index (χ1v) is 8.76. The fraction of sp³-hybridized carbons (Fsp3) is 0.143. The number of H-pyrrole nitrogens is 1. The summed E-state index contributed by atoms with van der Waals surface area (Å²) in [5.74, 6) is -0.855. The number of nitrogens with one attached hydrogen (secondary N) is 2. The van der Waals surface area contributed by atoms with Crippen LogP contribution >= 0.6 is 0 Å². The summed E-state index contributed by atoms with van der Waals surface area (Å²) in [5.41, 5.74) is 1.10. The smallest absolute Gasteiger partial charge is 0.339 e. The molecule has 0 unspecified atom stereocenters. The lowest BCUT2D eigenvalue weighted by Gasteiger charge is -2.06. The lowest BCUT2D eigenvalue weighted by Crippen LogP contribution is -2.35. The van der Waals surface area contributed by atoms with Gasteiger partial charge >= 0.3 is 5.97 Å². The standard InChI is InChI=1S/C21H20FN3O3/c1-3-6-19-17(13-23-18-8-5-4-7-16(18)21(27)28-2)20(26)25(24-19)15-11-9-14(22)10-12-15/h4-13,23-24H,3H2,1-2H3. The maximum Gasteiger partial charge on any atom is 0.339 e. The molecule has 0 aliphatic heterocycles. The second-order valence-corrected chi connectivity index (χ2v) is 5.99. The molecule has 2 aromatic carbocycles. The van der Waals surface area contributed by atoms with Crippen LogP contribution < -0.4 is 21.4 Å². The van der Waals surface area contributed by atoms with E-state index in [1.165, 1.54) is 36.1 Å². The average molecular weight is 381 g/mol. The van der Waals surface area contributed by atoms with Crippen LogP contribution in [0.2, 0.25) is 0 Å². The first-order valence-electron chi connectivity index (χ1n) is 8.76. The van der Waals surface area contributed by atoms with Gasteiger partial charge in [-0.25, -0.2) is 13.9 Å². The minimum absolute atomic E-state index is 0.297. The molecule has 0 saturated heterocycles. The Morgan fingerprint density at radius 2 is 1.93 bits per heavy atom. The molecule has 0 saturated carbocycles. The van der Waals surface area contributed by atoms with E-state index in [0.29, 0.717) is 33.9 Å². The van der Waals surface area contributed by atoms with Gasteiger partial charge in [-0.3, -0.25) is 9.89 Å². The molecule has 2 N–H and O–H groups in total. The van der Waals surface area contributed by atoms with E-state index in [4.69, 9.17) is 4.74 Å². The van der Waals surface area contributed by atoms with Crippen LogP contribution in [0.3, 0.4) is 0 Å². The molecule has 1 aromatic heterocycles. The number of hydrogen-bond acceptors (Lipinski definition) is 4. The summed E-state index contributed by atoms with van der Waals surface area (Å²) in [6, 6.07) is 12.5. The van der Waals surface area contributed by atoms with Gasteiger partial charge in [0, 0.05) is 6.20 Å². The van der Waals surface area contributed by atoms with Crippen molar-refractivity contribution in [2.45, 2.75) is 13.3 Å².